The fraction of sp³-hybridized carbons (Fsp3) is 0.333. The van der Waals surface area contributed by atoms with Crippen LogP contribution >= 0.6 is 0 Å². The molecule has 0 saturated carbocycles. The number of benzene rings is 1. The number of hydrogen-bond donors (Lipinski definition) is 1. The van der Waals surface area contributed by atoms with E-state index in [1.165, 1.54) is 0 Å². The van der Waals surface area contributed by atoms with Crippen LogP contribution in [0.3, 0.4) is 0 Å². The van der Waals surface area contributed by atoms with Crippen LogP contribution in [0.15, 0.2) is 24.3 Å². The van der Waals surface area contributed by atoms with E-state index in [0.29, 0.717) is 24.2 Å². The van der Waals surface area contributed by atoms with Crippen molar-refractivity contribution in [2.75, 3.05) is 33.2 Å². The molecule has 2 amide bonds. The van der Waals surface area contributed by atoms with E-state index in [9.17, 15) is 9.59 Å². The number of amides is 2. The van der Waals surface area contributed by atoms with Crippen molar-refractivity contribution in [2.45, 2.75) is 0 Å². The Bertz CT molecular complexity index is 586. The molecule has 1 heterocycles. The number of rotatable bonds is 1. The molecular weight excluding hydrogens is 254 g/mol. The van der Waals surface area contributed by atoms with Gasteiger partial charge in [-0.3, -0.25) is 9.59 Å². The smallest absolute Gasteiger partial charge is 0.255 e. The van der Waals surface area contributed by atoms with Gasteiger partial charge in [-0.25, -0.2) is 0 Å². The van der Waals surface area contributed by atoms with Crippen LogP contribution in [0.1, 0.15) is 15.9 Å². The minimum absolute atomic E-state index is 0.0462. The Morgan fingerprint density at radius 3 is 2.80 bits per heavy atom. The van der Waals surface area contributed by atoms with Gasteiger partial charge in [0.15, 0.2) is 0 Å². The van der Waals surface area contributed by atoms with Crippen molar-refractivity contribution in [1.29, 1.82) is 0 Å². The molecule has 20 heavy (non-hydrogen) atoms. The molecule has 2 N–H and O–H groups in total. The van der Waals surface area contributed by atoms with Gasteiger partial charge in [0.05, 0.1) is 12.1 Å². The lowest BCUT2D eigenvalue weighted by Gasteiger charge is -2.32. The summed E-state index contributed by atoms with van der Waals surface area (Å²) in [5.74, 6) is 5.44. The topological polar surface area (TPSA) is 66.6 Å². The summed E-state index contributed by atoms with van der Waals surface area (Å²) in [6.45, 7) is 1.46. The molecule has 0 aliphatic carbocycles. The van der Waals surface area contributed by atoms with E-state index in [0.717, 1.165) is 0 Å². The largest absolute Gasteiger partial charge is 0.342 e. The predicted octanol–water partition coefficient (Wildman–Crippen LogP) is -0.0890. The van der Waals surface area contributed by atoms with Gasteiger partial charge in [0.25, 0.3) is 5.91 Å². The van der Waals surface area contributed by atoms with Crippen LogP contribution in [-0.4, -0.2) is 54.8 Å². The van der Waals surface area contributed by atoms with E-state index in [1.807, 2.05) is 6.07 Å². The average molecular weight is 271 g/mol. The zero-order chi connectivity index (χ0) is 14.5. The summed E-state index contributed by atoms with van der Waals surface area (Å²) in [6.07, 6.45) is 0. The first kappa shape index (κ1) is 14.1. The molecule has 0 atom stereocenters. The van der Waals surface area contributed by atoms with Crippen LogP contribution in [0, 0.1) is 11.8 Å². The Kier molecular flexibility index (Phi) is 4.38. The first-order valence-electron chi connectivity index (χ1n) is 6.44. The maximum absolute atomic E-state index is 12.5. The molecule has 1 aliphatic heterocycles. The monoisotopic (exact) mass is 271 g/mol. The summed E-state index contributed by atoms with van der Waals surface area (Å²) in [4.78, 5) is 27.4. The van der Waals surface area contributed by atoms with Crippen molar-refractivity contribution >= 4 is 11.8 Å². The third-order valence-corrected chi connectivity index (χ3v) is 3.23. The molecule has 5 heteroatoms. The minimum Gasteiger partial charge on any atom is -0.342 e. The zero-order valence-electron chi connectivity index (χ0n) is 11.4. The second-order valence-corrected chi connectivity index (χ2v) is 4.59. The number of nitrogens with two attached hydrogens (primary N) is 1. The van der Waals surface area contributed by atoms with Crippen LogP contribution in [0.4, 0.5) is 0 Å². The highest BCUT2D eigenvalue weighted by atomic mass is 16.2. The van der Waals surface area contributed by atoms with E-state index < -0.39 is 0 Å². The van der Waals surface area contributed by atoms with Crippen LogP contribution in [0.2, 0.25) is 0 Å². The molecule has 1 aromatic rings. The fourth-order valence-corrected chi connectivity index (χ4v) is 2.03. The molecule has 0 bridgehead atoms. The Morgan fingerprint density at radius 1 is 1.35 bits per heavy atom. The first-order valence-corrected chi connectivity index (χ1v) is 6.44. The first-order chi connectivity index (χ1) is 9.63. The van der Waals surface area contributed by atoms with Gasteiger partial charge in [0.2, 0.25) is 5.91 Å². The normalized spacial score (nSPS) is 14.8. The van der Waals surface area contributed by atoms with Gasteiger partial charge in [0.1, 0.15) is 6.54 Å². The van der Waals surface area contributed by atoms with Gasteiger partial charge in [-0.2, -0.15) is 0 Å². The van der Waals surface area contributed by atoms with Crippen molar-refractivity contribution in [3.05, 3.63) is 35.4 Å². The molecule has 104 valence electrons. The standard InChI is InChI=1S/C15H17N3O2/c1-17-9-10-18(11-14(17)19)15(20)13-7-3-2-5-12(13)6-4-8-16/h2-3,5,7H,8-11,16H2,1H3. The van der Waals surface area contributed by atoms with Gasteiger partial charge in [-0.05, 0) is 12.1 Å². The Labute approximate surface area is 118 Å². The van der Waals surface area contributed by atoms with Gasteiger partial charge in [0, 0.05) is 25.7 Å². The number of nitrogens with zero attached hydrogens (tertiary/aromatic N) is 2. The van der Waals surface area contributed by atoms with E-state index in [2.05, 4.69) is 11.8 Å². The van der Waals surface area contributed by atoms with Crippen LogP contribution in [0.25, 0.3) is 0 Å². The highest BCUT2D eigenvalue weighted by molar-refractivity contribution is 5.99. The fourth-order valence-electron chi connectivity index (χ4n) is 2.03. The molecule has 0 spiro atoms. The average Bonchev–Trinajstić information content (AvgIpc) is 2.47. The van der Waals surface area contributed by atoms with E-state index in [1.54, 1.807) is 35.0 Å². The van der Waals surface area contributed by atoms with E-state index >= 15 is 0 Å². The summed E-state index contributed by atoms with van der Waals surface area (Å²) >= 11 is 0. The molecular formula is C15H17N3O2. The number of piperazine rings is 1. The lowest BCUT2D eigenvalue weighted by Crippen LogP contribution is -2.50. The Balaban J connectivity index is 2.23. The molecule has 2 rings (SSSR count). The minimum atomic E-state index is -0.159. The molecule has 5 nitrogen and oxygen atoms in total. The van der Waals surface area contributed by atoms with E-state index in [-0.39, 0.29) is 24.9 Å². The number of likely N-dealkylation sites (N-methyl/N-ethyl adjacent to an activating group) is 1. The molecule has 0 unspecified atom stereocenters. The molecule has 0 aromatic heterocycles. The van der Waals surface area contributed by atoms with Crippen LogP contribution in [0.5, 0.6) is 0 Å². The summed E-state index contributed by atoms with van der Waals surface area (Å²) < 4.78 is 0. The summed E-state index contributed by atoms with van der Waals surface area (Å²) in [5.41, 5.74) is 6.53. The third-order valence-electron chi connectivity index (χ3n) is 3.23. The summed E-state index contributed by atoms with van der Waals surface area (Å²) in [5, 5.41) is 0. The maximum Gasteiger partial charge on any atom is 0.255 e. The molecule has 0 radical (unpaired) electrons. The predicted molar refractivity (Wildman–Crippen MR) is 75.9 cm³/mol. The third kappa shape index (κ3) is 2.98. The maximum atomic E-state index is 12.5. The van der Waals surface area contributed by atoms with Gasteiger partial charge < -0.3 is 15.5 Å². The second-order valence-electron chi connectivity index (χ2n) is 4.59. The van der Waals surface area contributed by atoms with Crippen molar-refractivity contribution in [1.82, 2.24) is 9.80 Å². The number of hydrogen-bond acceptors (Lipinski definition) is 3. The van der Waals surface area contributed by atoms with Crippen LogP contribution in [-0.2, 0) is 4.79 Å². The molecule has 1 aliphatic rings. The van der Waals surface area contributed by atoms with E-state index in [4.69, 9.17) is 5.73 Å². The number of carbonyl (C=O) groups is 2. The number of carbonyl (C=O) groups excluding carboxylic acids is 2. The molecule has 1 aromatic carbocycles. The van der Waals surface area contributed by atoms with Gasteiger partial charge >= 0.3 is 0 Å². The van der Waals surface area contributed by atoms with Crippen molar-refractivity contribution in [2.24, 2.45) is 5.73 Å². The second kappa shape index (κ2) is 6.22. The highest BCUT2D eigenvalue weighted by Gasteiger charge is 2.26. The van der Waals surface area contributed by atoms with Gasteiger partial charge in [-0.15, -0.1) is 0 Å². The van der Waals surface area contributed by atoms with Crippen molar-refractivity contribution in [3.8, 4) is 11.8 Å². The van der Waals surface area contributed by atoms with Gasteiger partial charge in [-0.1, -0.05) is 24.0 Å². The van der Waals surface area contributed by atoms with Crippen LogP contribution < -0.4 is 5.73 Å². The lowest BCUT2D eigenvalue weighted by molar-refractivity contribution is -0.133. The molecule has 1 saturated heterocycles. The summed E-state index contributed by atoms with van der Waals surface area (Å²) in [7, 11) is 1.74. The summed E-state index contributed by atoms with van der Waals surface area (Å²) in [6, 6.07) is 7.13. The Morgan fingerprint density at radius 2 is 2.10 bits per heavy atom. The highest BCUT2D eigenvalue weighted by Crippen LogP contribution is 2.13. The van der Waals surface area contributed by atoms with Crippen molar-refractivity contribution < 1.29 is 9.59 Å². The van der Waals surface area contributed by atoms with Crippen molar-refractivity contribution in [3.63, 3.8) is 0 Å². The quantitative estimate of drug-likeness (QED) is 0.726. The lowest BCUT2D eigenvalue weighted by atomic mass is 10.1. The zero-order valence-corrected chi connectivity index (χ0v) is 11.4. The Hall–Kier alpha value is -2.32. The SMILES string of the molecule is CN1CCN(C(=O)c2ccccc2C#CCN)CC1=O. The molecule has 1 fully saturated rings.